The molecule has 0 aromatic heterocycles. The second-order valence-corrected chi connectivity index (χ2v) is 5.47. The van der Waals surface area contributed by atoms with E-state index in [0.717, 1.165) is 18.0 Å². The van der Waals surface area contributed by atoms with Crippen LogP contribution in [0.15, 0.2) is 18.2 Å². The van der Waals surface area contributed by atoms with Crippen molar-refractivity contribution < 1.29 is 4.39 Å². The fraction of sp³-hybridized carbons (Fsp3) is 0.462. The van der Waals surface area contributed by atoms with E-state index in [2.05, 4.69) is 5.32 Å². The molecule has 1 heterocycles. The van der Waals surface area contributed by atoms with E-state index in [1.54, 1.807) is 6.07 Å². The minimum Gasteiger partial charge on any atom is -0.312 e. The number of rotatable bonds is 4. The van der Waals surface area contributed by atoms with Crippen LogP contribution in [0.25, 0.3) is 0 Å². The van der Waals surface area contributed by atoms with Crippen molar-refractivity contribution in [1.29, 1.82) is 5.26 Å². The van der Waals surface area contributed by atoms with Crippen molar-refractivity contribution in [2.24, 2.45) is 5.92 Å². The van der Waals surface area contributed by atoms with E-state index in [4.69, 9.17) is 5.26 Å². The third kappa shape index (κ3) is 3.72. The largest absolute Gasteiger partial charge is 0.312 e. The molecule has 1 atom stereocenters. The molecule has 1 fully saturated rings. The van der Waals surface area contributed by atoms with Crippen LogP contribution in [-0.4, -0.2) is 18.1 Å². The van der Waals surface area contributed by atoms with Crippen molar-refractivity contribution in [3.63, 3.8) is 0 Å². The Balaban J connectivity index is 1.85. The summed E-state index contributed by atoms with van der Waals surface area (Å²) < 4.78 is 13.2. The second-order valence-electron chi connectivity index (χ2n) is 4.32. The van der Waals surface area contributed by atoms with Gasteiger partial charge >= 0.3 is 0 Å². The Morgan fingerprint density at radius 1 is 1.47 bits per heavy atom. The molecule has 1 aromatic carbocycles. The number of nitriles is 1. The Kier molecular flexibility index (Phi) is 4.41. The first-order chi connectivity index (χ1) is 8.28. The first kappa shape index (κ1) is 12.4. The molecule has 0 amide bonds. The third-order valence-corrected chi connectivity index (χ3v) is 4.10. The average molecular weight is 250 g/mol. The summed E-state index contributed by atoms with van der Waals surface area (Å²) in [4.78, 5) is 0. The molecule has 1 aromatic rings. The molecular formula is C13H15FN2S. The van der Waals surface area contributed by atoms with Crippen LogP contribution in [-0.2, 0) is 6.54 Å². The van der Waals surface area contributed by atoms with E-state index in [-0.39, 0.29) is 5.82 Å². The number of thioether (sulfide) groups is 1. The molecule has 0 bridgehead atoms. The normalized spacial score (nSPS) is 19.2. The minimum atomic E-state index is -0.336. The van der Waals surface area contributed by atoms with Gasteiger partial charge in [-0.2, -0.15) is 17.0 Å². The van der Waals surface area contributed by atoms with E-state index in [0.29, 0.717) is 12.1 Å². The van der Waals surface area contributed by atoms with Gasteiger partial charge < -0.3 is 5.32 Å². The van der Waals surface area contributed by atoms with E-state index < -0.39 is 0 Å². The smallest absolute Gasteiger partial charge is 0.124 e. The Hall–Kier alpha value is -1.05. The molecule has 17 heavy (non-hydrogen) atoms. The maximum atomic E-state index is 13.2. The number of benzene rings is 1. The van der Waals surface area contributed by atoms with Crippen molar-refractivity contribution in [1.82, 2.24) is 5.32 Å². The average Bonchev–Trinajstić information content (AvgIpc) is 2.81. The predicted octanol–water partition coefficient (Wildman–Crippen LogP) is 2.54. The van der Waals surface area contributed by atoms with Gasteiger partial charge in [-0.25, -0.2) is 4.39 Å². The summed E-state index contributed by atoms with van der Waals surface area (Å²) >= 11 is 1.99. The van der Waals surface area contributed by atoms with Gasteiger partial charge in [-0.1, -0.05) is 0 Å². The zero-order valence-electron chi connectivity index (χ0n) is 9.58. The van der Waals surface area contributed by atoms with Gasteiger partial charge in [0.25, 0.3) is 0 Å². The summed E-state index contributed by atoms with van der Waals surface area (Å²) in [6.45, 7) is 1.61. The summed E-state index contributed by atoms with van der Waals surface area (Å²) in [7, 11) is 0. The topological polar surface area (TPSA) is 35.8 Å². The molecule has 0 spiro atoms. The number of nitrogens with zero attached hydrogens (tertiary/aromatic N) is 1. The van der Waals surface area contributed by atoms with Crippen LogP contribution in [0.4, 0.5) is 4.39 Å². The third-order valence-electron chi connectivity index (χ3n) is 2.87. The molecule has 0 aliphatic carbocycles. The molecule has 0 saturated carbocycles. The van der Waals surface area contributed by atoms with Gasteiger partial charge in [0.05, 0.1) is 11.6 Å². The standard InChI is InChI=1S/C13H15FN2S/c14-13-4-11(6-15)3-12(5-13)8-16-7-10-1-2-17-9-10/h3-5,10,16H,1-2,7-9H2. The summed E-state index contributed by atoms with van der Waals surface area (Å²) in [6, 6.07) is 6.45. The van der Waals surface area contributed by atoms with Gasteiger partial charge in [0.1, 0.15) is 5.82 Å². The molecule has 1 N–H and O–H groups in total. The fourth-order valence-corrected chi connectivity index (χ4v) is 3.27. The van der Waals surface area contributed by atoms with Crippen LogP contribution in [0, 0.1) is 23.1 Å². The van der Waals surface area contributed by atoms with Crippen LogP contribution in [0.3, 0.4) is 0 Å². The zero-order chi connectivity index (χ0) is 12.1. The summed E-state index contributed by atoms with van der Waals surface area (Å²) in [5.41, 5.74) is 1.23. The van der Waals surface area contributed by atoms with Crippen LogP contribution < -0.4 is 5.32 Å². The van der Waals surface area contributed by atoms with Crippen molar-refractivity contribution in [3.8, 4) is 6.07 Å². The molecule has 1 aliphatic heterocycles. The van der Waals surface area contributed by atoms with Gasteiger partial charge in [-0.05, 0) is 54.2 Å². The molecule has 1 saturated heterocycles. The molecular weight excluding hydrogens is 235 g/mol. The van der Waals surface area contributed by atoms with Crippen LogP contribution in [0.5, 0.6) is 0 Å². The van der Waals surface area contributed by atoms with Crippen LogP contribution in [0.2, 0.25) is 0 Å². The molecule has 4 heteroatoms. The molecule has 2 nitrogen and oxygen atoms in total. The molecule has 0 radical (unpaired) electrons. The lowest BCUT2D eigenvalue weighted by Gasteiger charge is -2.10. The molecule has 1 unspecified atom stereocenters. The van der Waals surface area contributed by atoms with E-state index in [9.17, 15) is 4.39 Å². The zero-order valence-corrected chi connectivity index (χ0v) is 10.4. The first-order valence-corrected chi connectivity index (χ1v) is 6.91. The lowest BCUT2D eigenvalue weighted by atomic mass is 10.1. The predicted molar refractivity (Wildman–Crippen MR) is 68.3 cm³/mol. The number of nitrogens with one attached hydrogen (secondary N) is 1. The Bertz CT molecular complexity index is 422. The summed E-state index contributed by atoms with van der Waals surface area (Å²) in [5.74, 6) is 2.88. The van der Waals surface area contributed by atoms with Gasteiger partial charge in [0, 0.05) is 6.54 Å². The highest BCUT2D eigenvalue weighted by Gasteiger charge is 2.14. The Labute approximate surface area is 105 Å². The summed E-state index contributed by atoms with van der Waals surface area (Å²) in [6.07, 6.45) is 1.27. The number of halogens is 1. The molecule has 1 aliphatic rings. The monoisotopic (exact) mass is 250 g/mol. The number of hydrogen-bond acceptors (Lipinski definition) is 3. The Morgan fingerprint density at radius 3 is 3.06 bits per heavy atom. The lowest BCUT2D eigenvalue weighted by molar-refractivity contribution is 0.522. The minimum absolute atomic E-state index is 0.336. The fourth-order valence-electron chi connectivity index (χ4n) is 1.98. The maximum absolute atomic E-state index is 13.2. The maximum Gasteiger partial charge on any atom is 0.124 e. The lowest BCUT2D eigenvalue weighted by Crippen LogP contribution is -2.22. The highest BCUT2D eigenvalue weighted by molar-refractivity contribution is 7.99. The quantitative estimate of drug-likeness (QED) is 0.892. The Morgan fingerprint density at radius 2 is 2.35 bits per heavy atom. The second kappa shape index (κ2) is 6.04. The van der Waals surface area contributed by atoms with E-state index in [1.807, 2.05) is 17.8 Å². The highest BCUT2D eigenvalue weighted by atomic mass is 32.2. The van der Waals surface area contributed by atoms with Gasteiger partial charge in [-0.3, -0.25) is 0 Å². The van der Waals surface area contributed by atoms with Crippen molar-refractivity contribution in [2.45, 2.75) is 13.0 Å². The van der Waals surface area contributed by atoms with E-state index >= 15 is 0 Å². The SMILES string of the molecule is N#Cc1cc(F)cc(CNCC2CCSC2)c1. The van der Waals surface area contributed by atoms with Gasteiger partial charge in [-0.15, -0.1) is 0 Å². The first-order valence-electron chi connectivity index (χ1n) is 5.76. The number of hydrogen-bond donors (Lipinski definition) is 1. The van der Waals surface area contributed by atoms with Gasteiger partial charge in [0.15, 0.2) is 0 Å². The summed E-state index contributed by atoms with van der Waals surface area (Å²) in [5, 5.41) is 12.1. The highest BCUT2D eigenvalue weighted by Crippen LogP contribution is 2.22. The molecule has 90 valence electrons. The van der Waals surface area contributed by atoms with Crippen LogP contribution >= 0.6 is 11.8 Å². The van der Waals surface area contributed by atoms with Crippen molar-refractivity contribution in [2.75, 3.05) is 18.1 Å². The molecule has 2 rings (SSSR count). The van der Waals surface area contributed by atoms with E-state index in [1.165, 1.54) is 30.1 Å². The van der Waals surface area contributed by atoms with Crippen molar-refractivity contribution in [3.05, 3.63) is 35.1 Å². The van der Waals surface area contributed by atoms with Crippen molar-refractivity contribution >= 4 is 11.8 Å². The van der Waals surface area contributed by atoms with Crippen LogP contribution in [0.1, 0.15) is 17.5 Å². The van der Waals surface area contributed by atoms with Gasteiger partial charge in [0.2, 0.25) is 0 Å².